The summed E-state index contributed by atoms with van der Waals surface area (Å²) < 4.78 is 40.3. The lowest BCUT2D eigenvalue weighted by Gasteiger charge is -2.32. The number of aromatic nitrogens is 3. The van der Waals surface area contributed by atoms with E-state index in [2.05, 4.69) is 43.4 Å². The van der Waals surface area contributed by atoms with Crippen molar-refractivity contribution in [1.29, 1.82) is 0 Å². The molecule has 2 aliphatic rings. The van der Waals surface area contributed by atoms with Gasteiger partial charge in [0.2, 0.25) is 5.91 Å². The average Bonchev–Trinajstić information content (AvgIpc) is 3.88. The van der Waals surface area contributed by atoms with E-state index < -0.39 is 23.3 Å². The summed E-state index contributed by atoms with van der Waals surface area (Å²) in [5.41, 5.74) is 0.188. The second kappa shape index (κ2) is 27.4. The van der Waals surface area contributed by atoms with Crippen molar-refractivity contribution in [2.24, 2.45) is 5.92 Å². The van der Waals surface area contributed by atoms with Crippen LogP contribution in [0.1, 0.15) is 102 Å². The first-order valence-corrected chi connectivity index (χ1v) is 23.2. The minimum Gasteiger partial charge on any atom is -0.460 e. The second-order valence-corrected chi connectivity index (χ2v) is 18.6. The number of anilines is 1. The zero-order valence-corrected chi connectivity index (χ0v) is 39.4. The monoisotopic (exact) mass is 915 g/mol. The van der Waals surface area contributed by atoms with Crippen LogP contribution < -0.4 is 21.3 Å². The summed E-state index contributed by atoms with van der Waals surface area (Å²) in [5, 5.41) is 20.9. The molecule has 0 bridgehead atoms. The third-order valence-electron chi connectivity index (χ3n) is 9.70. The Morgan fingerprint density at radius 1 is 0.875 bits per heavy atom. The van der Waals surface area contributed by atoms with Gasteiger partial charge in [-0.2, -0.15) is 11.8 Å². The van der Waals surface area contributed by atoms with E-state index in [1.165, 1.54) is 0 Å². The predicted molar refractivity (Wildman–Crippen MR) is 242 cm³/mol. The summed E-state index contributed by atoms with van der Waals surface area (Å²) in [6, 6.07) is 5.68. The number of nitrogens with one attached hydrogen (secondary N) is 4. The van der Waals surface area contributed by atoms with Gasteiger partial charge in [0.25, 0.3) is 0 Å². The lowest BCUT2D eigenvalue weighted by Crippen LogP contribution is -2.46. The fraction of sp³-hybridized carbons (Fsp3) is 0.689. The summed E-state index contributed by atoms with van der Waals surface area (Å²) in [6.45, 7) is 14.3. The van der Waals surface area contributed by atoms with Crippen molar-refractivity contribution in [3.8, 4) is 11.8 Å². The number of thioether (sulfide) groups is 1. The normalized spacial score (nSPS) is 18.4. The van der Waals surface area contributed by atoms with Crippen molar-refractivity contribution in [2.45, 2.75) is 123 Å². The molecule has 4 N–H and O–H groups in total. The summed E-state index contributed by atoms with van der Waals surface area (Å²) in [6.07, 6.45) is 4.33. The van der Waals surface area contributed by atoms with Crippen LogP contribution >= 0.6 is 11.8 Å². The molecular formula is C45H69N7O11S. The Morgan fingerprint density at radius 3 is 2.34 bits per heavy atom. The van der Waals surface area contributed by atoms with Crippen LogP contribution in [0.5, 0.6) is 0 Å². The highest BCUT2D eigenvalue weighted by Gasteiger charge is 2.40. The molecule has 356 valence electrons. The molecule has 2 aliphatic heterocycles. The fourth-order valence-corrected chi connectivity index (χ4v) is 8.20. The topological polar surface area (TPSA) is 212 Å². The number of esters is 1. The van der Waals surface area contributed by atoms with Gasteiger partial charge in [0.05, 0.1) is 71.1 Å². The number of carbonyl (C=O) groups excluding carboxylic acids is 4. The number of ketones is 1. The SMILES string of the molecule is COC1NC2CSC[C@@H](CCCCC(=O)NCCOCCOCCOCCn3cc(COCC#Cc4ccc(C(=O)CCC(=O)OC(C)(C)C)c(NC(=O)OC(C)(C)C)c4)nn3)[C@H]2N1. The Morgan fingerprint density at radius 2 is 1.61 bits per heavy atom. The van der Waals surface area contributed by atoms with Crippen LogP contribution in [0.15, 0.2) is 24.4 Å². The summed E-state index contributed by atoms with van der Waals surface area (Å²) >= 11 is 1.99. The van der Waals surface area contributed by atoms with Crippen LogP contribution in [0.3, 0.4) is 0 Å². The van der Waals surface area contributed by atoms with Gasteiger partial charge in [0.1, 0.15) is 23.5 Å². The number of hydrogen-bond donors (Lipinski definition) is 4. The molecule has 0 radical (unpaired) electrons. The summed E-state index contributed by atoms with van der Waals surface area (Å²) in [5.74, 6) is 7.99. The molecule has 4 atom stereocenters. The second-order valence-electron chi connectivity index (χ2n) is 17.5. The minimum atomic E-state index is -0.753. The number of nitrogens with zero attached hydrogens (tertiary/aromatic N) is 3. The van der Waals surface area contributed by atoms with Crippen molar-refractivity contribution < 1.29 is 52.3 Å². The Labute approximate surface area is 382 Å². The Bertz CT molecular complexity index is 1840. The Kier molecular flexibility index (Phi) is 22.5. The van der Waals surface area contributed by atoms with Crippen LogP contribution in [0.25, 0.3) is 0 Å². The molecule has 2 saturated heterocycles. The molecule has 2 amide bonds. The molecule has 2 fully saturated rings. The molecule has 0 saturated carbocycles. The average molecular weight is 916 g/mol. The van der Waals surface area contributed by atoms with E-state index in [1.54, 1.807) is 77.7 Å². The third-order valence-corrected chi connectivity index (χ3v) is 11.0. The quantitative estimate of drug-likeness (QED) is 0.0445. The van der Waals surface area contributed by atoms with Crippen LogP contribution in [0, 0.1) is 17.8 Å². The molecule has 64 heavy (non-hydrogen) atoms. The van der Waals surface area contributed by atoms with Gasteiger partial charge in [0.15, 0.2) is 12.1 Å². The van der Waals surface area contributed by atoms with Gasteiger partial charge >= 0.3 is 12.1 Å². The molecule has 0 spiro atoms. The smallest absolute Gasteiger partial charge is 0.412 e. The van der Waals surface area contributed by atoms with E-state index in [-0.39, 0.29) is 55.3 Å². The van der Waals surface area contributed by atoms with Gasteiger partial charge in [-0.25, -0.2) is 9.48 Å². The highest BCUT2D eigenvalue weighted by Crippen LogP contribution is 2.31. The number of carbonyl (C=O) groups is 4. The van der Waals surface area contributed by atoms with E-state index in [4.69, 9.17) is 33.2 Å². The molecule has 18 nitrogen and oxygen atoms in total. The first-order chi connectivity index (χ1) is 30.6. The number of amides is 2. The van der Waals surface area contributed by atoms with Gasteiger partial charge in [0, 0.05) is 55.5 Å². The molecule has 0 aliphatic carbocycles. The van der Waals surface area contributed by atoms with Gasteiger partial charge in [-0.15, -0.1) is 5.10 Å². The predicted octanol–water partition coefficient (Wildman–Crippen LogP) is 4.45. The zero-order chi connectivity index (χ0) is 46.4. The molecule has 2 unspecified atom stereocenters. The lowest BCUT2D eigenvalue weighted by molar-refractivity contribution is -0.154. The standard InChI is InChI=1S/C45H69N7O11S/c1-44(2,3)62-40(55)17-16-38(53)35-15-14-32(27-36(35)48-43(56)63-45(4,5)6)11-10-20-61-29-34-28-52(51-50-34)19-22-59-24-26-60-25-23-58-21-18-46-39(54)13-9-8-12-33-30-64-31-37-41(33)49-42(47-37)57-7/h14-15,27-28,33,37,41-42,47,49H,8-9,12-13,16-26,29-31H2,1-7H3,(H,46,54)(H,48,56)/t33-,37?,41-,42?/m1/s1. The number of hydrogen-bond acceptors (Lipinski definition) is 16. The van der Waals surface area contributed by atoms with Gasteiger partial charge in [-0.05, 0) is 84.3 Å². The van der Waals surface area contributed by atoms with E-state index in [0.717, 1.165) is 30.8 Å². The number of ether oxygens (including phenoxy) is 7. The maximum atomic E-state index is 13.1. The molecule has 1 aromatic heterocycles. The third kappa shape index (κ3) is 20.8. The maximum absolute atomic E-state index is 13.1. The summed E-state index contributed by atoms with van der Waals surface area (Å²) in [7, 11) is 1.71. The van der Waals surface area contributed by atoms with Gasteiger partial charge < -0.3 is 38.5 Å². The Hall–Kier alpha value is -4.13. The lowest BCUT2D eigenvalue weighted by atomic mass is 9.91. The van der Waals surface area contributed by atoms with E-state index in [9.17, 15) is 19.2 Å². The van der Waals surface area contributed by atoms with Crippen molar-refractivity contribution in [2.75, 3.05) is 76.7 Å². The van der Waals surface area contributed by atoms with E-state index >= 15 is 0 Å². The first-order valence-electron chi connectivity index (χ1n) is 22.1. The molecular weight excluding hydrogens is 847 g/mol. The number of rotatable bonds is 26. The number of unbranched alkanes of at least 4 members (excludes halogenated alkanes) is 1. The fourth-order valence-electron chi connectivity index (χ4n) is 6.83. The van der Waals surface area contributed by atoms with Crippen molar-refractivity contribution in [1.82, 2.24) is 30.9 Å². The van der Waals surface area contributed by atoms with E-state index in [0.29, 0.717) is 88.4 Å². The molecule has 4 rings (SSSR count). The van der Waals surface area contributed by atoms with Crippen molar-refractivity contribution in [3.05, 3.63) is 41.2 Å². The largest absolute Gasteiger partial charge is 0.460 e. The maximum Gasteiger partial charge on any atom is 0.412 e. The minimum absolute atomic E-state index is 0.0599. The molecule has 1 aromatic carbocycles. The van der Waals surface area contributed by atoms with Crippen LogP contribution in [0.4, 0.5) is 10.5 Å². The van der Waals surface area contributed by atoms with Crippen molar-refractivity contribution in [3.63, 3.8) is 0 Å². The number of benzene rings is 1. The molecule has 19 heteroatoms. The van der Waals surface area contributed by atoms with Crippen LogP contribution in [-0.4, -0.2) is 140 Å². The first kappa shape index (κ1) is 52.5. The van der Waals surface area contributed by atoms with Gasteiger partial charge in [-0.1, -0.05) is 23.5 Å². The molecule has 3 heterocycles. The number of fused-ring (bicyclic) bond motifs is 1. The number of methoxy groups -OCH3 is 1. The zero-order valence-electron chi connectivity index (χ0n) is 38.6. The highest BCUT2D eigenvalue weighted by molar-refractivity contribution is 7.99. The Balaban J connectivity index is 1.02. The van der Waals surface area contributed by atoms with E-state index in [1.807, 2.05) is 11.8 Å². The van der Waals surface area contributed by atoms with Crippen molar-refractivity contribution >= 4 is 41.2 Å². The molecule has 2 aromatic rings. The van der Waals surface area contributed by atoms with Crippen LogP contribution in [0.2, 0.25) is 0 Å². The van der Waals surface area contributed by atoms with Gasteiger partial charge in [-0.3, -0.25) is 30.3 Å². The summed E-state index contributed by atoms with van der Waals surface area (Å²) in [4.78, 5) is 50.1. The van der Waals surface area contributed by atoms with Crippen LogP contribution in [-0.2, 0) is 55.9 Å². The highest BCUT2D eigenvalue weighted by atomic mass is 32.2. The number of Topliss-reactive ketones (excluding diaryl/α,β-unsaturated/α-hetero) is 1.